The largest absolute Gasteiger partial charge is 0.280 e. The van der Waals surface area contributed by atoms with E-state index in [1.807, 2.05) is 6.92 Å². The monoisotopic (exact) mass is 184 g/mol. The number of dihydropyridines is 1. The van der Waals surface area contributed by atoms with Gasteiger partial charge in [-0.3, -0.25) is 4.99 Å². The number of aliphatic imine (C=N–C) groups is 1. The summed E-state index contributed by atoms with van der Waals surface area (Å²) < 4.78 is 0. The van der Waals surface area contributed by atoms with E-state index in [0.717, 1.165) is 35.3 Å². The van der Waals surface area contributed by atoms with E-state index in [4.69, 9.17) is 5.26 Å². The van der Waals surface area contributed by atoms with E-state index < -0.39 is 0 Å². The van der Waals surface area contributed by atoms with Gasteiger partial charge >= 0.3 is 0 Å². The first kappa shape index (κ1) is 8.96. The Labute approximate surface area is 84.0 Å². The minimum absolute atomic E-state index is 0.664. The van der Waals surface area contributed by atoms with Crippen LogP contribution < -0.4 is 0 Å². The van der Waals surface area contributed by atoms with E-state index in [1.54, 1.807) is 0 Å². The van der Waals surface area contributed by atoms with Crippen LogP contribution in [-0.4, -0.2) is 12.3 Å². The Kier molecular flexibility index (Phi) is 2.09. The summed E-state index contributed by atoms with van der Waals surface area (Å²) in [5.41, 5.74) is 5.35. The molecule has 0 fully saturated rings. The first-order chi connectivity index (χ1) is 6.72. The zero-order chi connectivity index (χ0) is 10.1. The first-order valence-electron chi connectivity index (χ1n) is 4.76. The normalized spacial score (nSPS) is 19.7. The molecule has 0 aromatic carbocycles. The Morgan fingerprint density at radius 2 is 2.36 bits per heavy atom. The van der Waals surface area contributed by atoms with Crippen LogP contribution in [0.1, 0.15) is 19.8 Å². The fourth-order valence-corrected chi connectivity index (χ4v) is 1.87. The summed E-state index contributed by atoms with van der Waals surface area (Å²) in [6.45, 7) is 6.50. The van der Waals surface area contributed by atoms with Crippen LogP contribution >= 0.6 is 0 Å². The Bertz CT molecular complexity index is 428. The van der Waals surface area contributed by atoms with Crippen molar-refractivity contribution in [2.75, 3.05) is 6.54 Å². The molecule has 0 spiro atoms. The number of nitriles is 1. The van der Waals surface area contributed by atoms with Gasteiger partial charge in [0.25, 0.3) is 0 Å². The second-order valence-corrected chi connectivity index (χ2v) is 3.72. The molecule has 0 aromatic heterocycles. The highest BCUT2D eigenvalue weighted by Crippen LogP contribution is 2.33. The lowest BCUT2D eigenvalue weighted by atomic mass is 10.0. The molecule has 2 nitrogen and oxygen atoms in total. The van der Waals surface area contributed by atoms with Gasteiger partial charge in [0.1, 0.15) is 0 Å². The van der Waals surface area contributed by atoms with Gasteiger partial charge < -0.3 is 0 Å². The SMILES string of the molecule is C=C(C)C1=NCC2=C(C#N)CCC2=C1. The van der Waals surface area contributed by atoms with Crippen LogP contribution in [0.5, 0.6) is 0 Å². The molecule has 0 bridgehead atoms. The Morgan fingerprint density at radius 3 is 3.00 bits per heavy atom. The van der Waals surface area contributed by atoms with Gasteiger partial charge in [-0.1, -0.05) is 6.58 Å². The highest BCUT2D eigenvalue weighted by Gasteiger charge is 2.22. The average molecular weight is 184 g/mol. The van der Waals surface area contributed by atoms with Crippen LogP contribution in [0, 0.1) is 11.3 Å². The Hall–Kier alpha value is -1.62. The Morgan fingerprint density at radius 1 is 1.57 bits per heavy atom. The molecule has 2 rings (SSSR count). The molecule has 1 heterocycles. The summed E-state index contributed by atoms with van der Waals surface area (Å²) in [7, 11) is 0. The fourth-order valence-electron chi connectivity index (χ4n) is 1.87. The Balaban J connectivity index is 2.37. The van der Waals surface area contributed by atoms with Crippen molar-refractivity contribution < 1.29 is 0 Å². The van der Waals surface area contributed by atoms with E-state index >= 15 is 0 Å². The third kappa shape index (κ3) is 1.31. The molecule has 14 heavy (non-hydrogen) atoms. The van der Waals surface area contributed by atoms with E-state index in [2.05, 4.69) is 23.7 Å². The average Bonchev–Trinajstić information content (AvgIpc) is 2.59. The topological polar surface area (TPSA) is 36.1 Å². The lowest BCUT2D eigenvalue weighted by Gasteiger charge is -2.12. The summed E-state index contributed by atoms with van der Waals surface area (Å²) >= 11 is 0. The molecule has 1 aliphatic heterocycles. The summed E-state index contributed by atoms with van der Waals surface area (Å²) in [6, 6.07) is 2.25. The van der Waals surface area contributed by atoms with Crippen molar-refractivity contribution in [3.05, 3.63) is 34.9 Å². The number of rotatable bonds is 1. The van der Waals surface area contributed by atoms with Gasteiger partial charge in [0.05, 0.1) is 18.3 Å². The number of nitrogens with zero attached hydrogens (tertiary/aromatic N) is 2. The molecule has 0 aromatic rings. The maximum Gasteiger partial charge on any atom is 0.0950 e. The summed E-state index contributed by atoms with van der Waals surface area (Å²) in [4.78, 5) is 4.40. The molecular formula is C12H12N2. The first-order valence-corrected chi connectivity index (χ1v) is 4.76. The second-order valence-electron chi connectivity index (χ2n) is 3.72. The summed E-state index contributed by atoms with van der Waals surface area (Å²) in [5.74, 6) is 0. The minimum Gasteiger partial charge on any atom is -0.280 e. The lowest BCUT2D eigenvalue weighted by Crippen LogP contribution is -2.06. The molecule has 1 aliphatic carbocycles. The molecule has 2 heteroatoms. The van der Waals surface area contributed by atoms with Crippen molar-refractivity contribution in [3.63, 3.8) is 0 Å². The van der Waals surface area contributed by atoms with Crippen molar-refractivity contribution in [2.24, 2.45) is 4.99 Å². The van der Waals surface area contributed by atoms with Crippen LogP contribution in [0.2, 0.25) is 0 Å². The predicted molar refractivity (Wildman–Crippen MR) is 57.1 cm³/mol. The van der Waals surface area contributed by atoms with Crippen LogP contribution in [-0.2, 0) is 0 Å². The highest BCUT2D eigenvalue weighted by atomic mass is 14.8. The predicted octanol–water partition coefficient (Wildman–Crippen LogP) is 2.56. The van der Waals surface area contributed by atoms with Gasteiger partial charge in [0.2, 0.25) is 0 Å². The van der Waals surface area contributed by atoms with E-state index in [-0.39, 0.29) is 0 Å². The lowest BCUT2D eigenvalue weighted by molar-refractivity contribution is 1.03. The molecule has 0 unspecified atom stereocenters. The van der Waals surface area contributed by atoms with Crippen molar-refractivity contribution >= 4 is 5.71 Å². The van der Waals surface area contributed by atoms with Crippen LogP contribution in [0.15, 0.2) is 39.9 Å². The molecule has 0 saturated carbocycles. The molecule has 2 aliphatic rings. The maximum absolute atomic E-state index is 8.88. The van der Waals surface area contributed by atoms with Gasteiger partial charge in [0.15, 0.2) is 0 Å². The van der Waals surface area contributed by atoms with Crippen molar-refractivity contribution in [1.82, 2.24) is 0 Å². The molecule has 0 atom stereocenters. The highest BCUT2D eigenvalue weighted by molar-refractivity contribution is 6.09. The summed E-state index contributed by atoms with van der Waals surface area (Å²) in [6.07, 6.45) is 3.95. The van der Waals surface area contributed by atoms with Gasteiger partial charge in [-0.25, -0.2) is 0 Å². The molecular weight excluding hydrogens is 172 g/mol. The zero-order valence-corrected chi connectivity index (χ0v) is 8.30. The van der Waals surface area contributed by atoms with Crippen molar-refractivity contribution in [2.45, 2.75) is 19.8 Å². The van der Waals surface area contributed by atoms with Gasteiger partial charge in [-0.2, -0.15) is 5.26 Å². The standard InChI is InChI=1S/C12H12N2/c1-8(2)12-5-9-3-4-10(6-13)11(9)7-14-12/h5H,1,3-4,7H2,2H3. The van der Waals surface area contributed by atoms with E-state index in [1.165, 1.54) is 5.57 Å². The van der Waals surface area contributed by atoms with E-state index in [9.17, 15) is 0 Å². The fraction of sp³-hybridized carbons (Fsp3) is 0.333. The third-order valence-corrected chi connectivity index (χ3v) is 2.69. The number of hydrogen-bond acceptors (Lipinski definition) is 2. The second kappa shape index (κ2) is 3.26. The molecule has 0 radical (unpaired) electrons. The van der Waals surface area contributed by atoms with Gasteiger partial charge in [0, 0.05) is 5.57 Å². The number of fused-ring (bicyclic) bond motifs is 1. The van der Waals surface area contributed by atoms with Crippen LogP contribution in [0.25, 0.3) is 0 Å². The van der Waals surface area contributed by atoms with Gasteiger partial charge in [-0.15, -0.1) is 0 Å². The van der Waals surface area contributed by atoms with Crippen LogP contribution in [0.4, 0.5) is 0 Å². The molecule has 0 N–H and O–H groups in total. The number of allylic oxidation sites excluding steroid dienone is 3. The molecule has 0 amide bonds. The summed E-state index contributed by atoms with van der Waals surface area (Å²) in [5, 5.41) is 8.88. The quantitative estimate of drug-likeness (QED) is 0.617. The third-order valence-electron chi connectivity index (χ3n) is 2.69. The van der Waals surface area contributed by atoms with Crippen molar-refractivity contribution in [3.8, 4) is 6.07 Å². The van der Waals surface area contributed by atoms with Crippen molar-refractivity contribution in [1.29, 1.82) is 5.26 Å². The number of hydrogen-bond donors (Lipinski definition) is 0. The minimum atomic E-state index is 0.664. The van der Waals surface area contributed by atoms with Crippen LogP contribution in [0.3, 0.4) is 0 Å². The zero-order valence-electron chi connectivity index (χ0n) is 8.30. The molecule has 70 valence electrons. The van der Waals surface area contributed by atoms with Gasteiger partial charge in [-0.05, 0) is 42.6 Å². The maximum atomic E-state index is 8.88. The molecule has 0 saturated heterocycles. The smallest absolute Gasteiger partial charge is 0.0950 e. The van der Waals surface area contributed by atoms with E-state index in [0.29, 0.717) is 6.54 Å².